The van der Waals surface area contributed by atoms with Gasteiger partial charge in [0.2, 0.25) is 0 Å². The van der Waals surface area contributed by atoms with Crippen LogP contribution >= 0.6 is 15.9 Å². The van der Waals surface area contributed by atoms with Gasteiger partial charge in [-0.2, -0.15) is 0 Å². The predicted octanol–water partition coefficient (Wildman–Crippen LogP) is 2.26. The number of nitrogens with zero attached hydrogens (tertiary/aromatic N) is 1. The summed E-state index contributed by atoms with van der Waals surface area (Å²) in [6, 6.07) is 6.79. The molecule has 1 N–H and O–H groups in total. The molecular weight excluding hydrogens is 268 g/mol. The van der Waals surface area contributed by atoms with Crippen LogP contribution in [0.4, 0.5) is 5.69 Å². The number of benzene rings is 1. The van der Waals surface area contributed by atoms with E-state index < -0.39 is 0 Å². The summed E-state index contributed by atoms with van der Waals surface area (Å²) in [5.74, 6) is 0.881. The van der Waals surface area contributed by atoms with Gasteiger partial charge >= 0.3 is 0 Å². The van der Waals surface area contributed by atoms with Crippen molar-refractivity contribution in [3.8, 4) is 5.75 Å². The number of hydrogen-bond donors (Lipinski definition) is 1. The molecule has 1 aliphatic heterocycles. The summed E-state index contributed by atoms with van der Waals surface area (Å²) in [7, 11) is 1.69. The topological polar surface area (TPSA) is 24.5 Å². The molecule has 1 saturated heterocycles. The molecule has 0 saturated carbocycles. The largest absolute Gasteiger partial charge is 0.496 e. The van der Waals surface area contributed by atoms with Gasteiger partial charge in [-0.1, -0.05) is 0 Å². The minimum Gasteiger partial charge on any atom is -0.496 e. The van der Waals surface area contributed by atoms with E-state index in [9.17, 15) is 0 Å². The number of methoxy groups -OCH3 is 1. The van der Waals surface area contributed by atoms with Crippen molar-refractivity contribution in [2.45, 2.75) is 13.0 Å². The predicted molar refractivity (Wildman–Crippen MR) is 70.4 cm³/mol. The molecule has 1 aromatic carbocycles. The second-order valence-electron chi connectivity index (χ2n) is 4.12. The van der Waals surface area contributed by atoms with Gasteiger partial charge in [-0.25, -0.2) is 0 Å². The zero-order chi connectivity index (χ0) is 11.5. The Kier molecular flexibility index (Phi) is 3.71. The Morgan fingerprint density at radius 1 is 1.50 bits per heavy atom. The van der Waals surface area contributed by atoms with E-state index in [1.807, 2.05) is 6.07 Å². The van der Waals surface area contributed by atoms with Crippen LogP contribution in [0.25, 0.3) is 0 Å². The van der Waals surface area contributed by atoms with Crippen molar-refractivity contribution in [3.63, 3.8) is 0 Å². The van der Waals surface area contributed by atoms with Gasteiger partial charge in [0.05, 0.1) is 11.6 Å². The van der Waals surface area contributed by atoms with Crippen molar-refractivity contribution in [1.82, 2.24) is 5.32 Å². The highest BCUT2D eigenvalue weighted by Gasteiger charge is 2.16. The standard InChI is InChI=1S/C12H17BrN2O/c1-9-8-15(6-5-14-9)10-3-4-12(16-2)11(13)7-10/h3-4,7,9,14H,5-6,8H2,1-2H3. The Morgan fingerprint density at radius 2 is 2.31 bits per heavy atom. The molecule has 0 aliphatic carbocycles. The average molecular weight is 285 g/mol. The Balaban J connectivity index is 2.17. The molecule has 1 aliphatic rings. The molecule has 4 heteroatoms. The van der Waals surface area contributed by atoms with Gasteiger partial charge in [-0.3, -0.25) is 0 Å². The molecule has 0 amide bonds. The molecule has 3 nitrogen and oxygen atoms in total. The lowest BCUT2D eigenvalue weighted by Crippen LogP contribution is -2.49. The summed E-state index contributed by atoms with van der Waals surface area (Å²) >= 11 is 3.52. The van der Waals surface area contributed by atoms with E-state index in [1.54, 1.807) is 7.11 Å². The summed E-state index contributed by atoms with van der Waals surface area (Å²) in [6.45, 7) is 5.37. The fraction of sp³-hybridized carbons (Fsp3) is 0.500. The second-order valence-corrected chi connectivity index (χ2v) is 4.97. The van der Waals surface area contributed by atoms with Crippen LogP contribution in [0.5, 0.6) is 5.75 Å². The lowest BCUT2D eigenvalue weighted by atomic mass is 10.2. The zero-order valence-corrected chi connectivity index (χ0v) is 11.3. The summed E-state index contributed by atoms with van der Waals surface area (Å²) < 4.78 is 6.24. The molecule has 1 fully saturated rings. The Morgan fingerprint density at radius 3 is 2.94 bits per heavy atom. The third-order valence-corrected chi connectivity index (χ3v) is 3.49. The van der Waals surface area contributed by atoms with Gasteiger partial charge in [0, 0.05) is 31.4 Å². The van der Waals surface area contributed by atoms with Crippen molar-refractivity contribution < 1.29 is 4.74 Å². The molecule has 16 heavy (non-hydrogen) atoms. The number of hydrogen-bond acceptors (Lipinski definition) is 3. The van der Waals surface area contributed by atoms with Gasteiger partial charge in [0.15, 0.2) is 0 Å². The normalized spacial score (nSPS) is 20.9. The molecule has 0 aromatic heterocycles. The van der Waals surface area contributed by atoms with Gasteiger partial charge in [-0.05, 0) is 41.1 Å². The molecule has 0 radical (unpaired) electrons. The van der Waals surface area contributed by atoms with Crippen LogP contribution in [0.1, 0.15) is 6.92 Å². The Labute approximate surface area is 105 Å². The first-order chi connectivity index (χ1) is 7.70. The minimum absolute atomic E-state index is 0.551. The molecule has 1 heterocycles. The Bertz CT molecular complexity index is 370. The van der Waals surface area contributed by atoms with E-state index in [0.29, 0.717) is 6.04 Å². The number of ether oxygens (including phenoxy) is 1. The summed E-state index contributed by atoms with van der Waals surface area (Å²) in [5.41, 5.74) is 1.25. The van der Waals surface area contributed by atoms with Gasteiger partial charge < -0.3 is 15.0 Å². The van der Waals surface area contributed by atoms with Crippen molar-refractivity contribution in [2.75, 3.05) is 31.6 Å². The van der Waals surface area contributed by atoms with Crippen molar-refractivity contribution in [3.05, 3.63) is 22.7 Å². The van der Waals surface area contributed by atoms with E-state index in [4.69, 9.17) is 4.74 Å². The van der Waals surface area contributed by atoms with Crippen molar-refractivity contribution in [2.24, 2.45) is 0 Å². The van der Waals surface area contributed by atoms with Crippen molar-refractivity contribution in [1.29, 1.82) is 0 Å². The number of anilines is 1. The highest BCUT2D eigenvalue weighted by Crippen LogP contribution is 2.29. The highest BCUT2D eigenvalue weighted by atomic mass is 79.9. The monoisotopic (exact) mass is 284 g/mol. The van der Waals surface area contributed by atoms with Crippen LogP contribution < -0.4 is 15.0 Å². The van der Waals surface area contributed by atoms with E-state index in [2.05, 4.69) is 45.2 Å². The van der Waals surface area contributed by atoms with Gasteiger partial charge in [0.1, 0.15) is 5.75 Å². The molecule has 0 spiro atoms. The summed E-state index contributed by atoms with van der Waals surface area (Å²) in [5, 5.41) is 3.44. The first-order valence-electron chi connectivity index (χ1n) is 5.52. The van der Waals surface area contributed by atoms with Crippen LogP contribution in [-0.4, -0.2) is 32.8 Å². The fourth-order valence-corrected chi connectivity index (χ4v) is 2.55. The minimum atomic E-state index is 0.551. The zero-order valence-electron chi connectivity index (χ0n) is 9.66. The third-order valence-electron chi connectivity index (χ3n) is 2.87. The molecule has 0 bridgehead atoms. The average Bonchev–Trinajstić information content (AvgIpc) is 2.29. The fourth-order valence-electron chi connectivity index (χ4n) is 2.02. The highest BCUT2D eigenvalue weighted by molar-refractivity contribution is 9.10. The summed E-state index contributed by atoms with van der Waals surface area (Å²) in [4.78, 5) is 2.39. The van der Waals surface area contributed by atoms with Gasteiger partial charge in [0.25, 0.3) is 0 Å². The van der Waals surface area contributed by atoms with Crippen LogP contribution in [0, 0.1) is 0 Å². The first-order valence-corrected chi connectivity index (χ1v) is 6.32. The lowest BCUT2D eigenvalue weighted by Gasteiger charge is -2.33. The summed E-state index contributed by atoms with van der Waals surface area (Å²) in [6.07, 6.45) is 0. The van der Waals surface area contributed by atoms with Crippen LogP contribution in [-0.2, 0) is 0 Å². The lowest BCUT2D eigenvalue weighted by molar-refractivity contribution is 0.412. The maximum absolute atomic E-state index is 5.23. The quantitative estimate of drug-likeness (QED) is 0.902. The van der Waals surface area contributed by atoms with Gasteiger partial charge in [-0.15, -0.1) is 0 Å². The molecular formula is C12H17BrN2O. The smallest absolute Gasteiger partial charge is 0.133 e. The van der Waals surface area contributed by atoms with E-state index in [-0.39, 0.29) is 0 Å². The molecule has 88 valence electrons. The van der Waals surface area contributed by atoms with Crippen molar-refractivity contribution >= 4 is 21.6 Å². The number of rotatable bonds is 2. The maximum Gasteiger partial charge on any atom is 0.133 e. The van der Waals surface area contributed by atoms with E-state index in [0.717, 1.165) is 29.9 Å². The maximum atomic E-state index is 5.23. The number of nitrogens with one attached hydrogen (secondary N) is 1. The number of piperazine rings is 1. The molecule has 1 atom stereocenters. The Hall–Kier alpha value is -0.740. The second kappa shape index (κ2) is 5.06. The van der Waals surface area contributed by atoms with Crippen LogP contribution in [0.3, 0.4) is 0 Å². The molecule has 2 rings (SSSR count). The van der Waals surface area contributed by atoms with E-state index >= 15 is 0 Å². The van der Waals surface area contributed by atoms with Crippen LogP contribution in [0.15, 0.2) is 22.7 Å². The van der Waals surface area contributed by atoms with E-state index in [1.165, 1.54) is 5.69 Å². The SMILES string of the molecule is COc1ccc(N2CCNC(C)C2)cc1Br. The first kappa shape index (κ1) is 11.7. The molecule has 1 unspecified atom stereocenters. The molecule has 1 aromatic rings. The van der Waals surface area contributed by atoms with Crippen LogP contribution in [0.2, 0.25) is 0 Å². The number of halogens is 1. The third kappa shape index (κ3) is 2.50.